The summed E-state index contributed by atoms with van der Waals surface area (Å²) in [5.41, 5.74) is 2.89. The molecule has 1 aromatic carbocycles. The van der Waals surface area contributed by atoms with Crippen LogP contribution in [0.3, 0.4) is 0 Å². The molecule has 0 saturated heterocycles. The Morgan fingerprint density at radius 3 is 2.82 bits per heavy atom. The van der Waals surface area contributed by atoms with Gasteiger partial charge in [-0.25, -0.2) is 9.67 Å². The second-order valence-corrected chi connectivity index (χ2v) is 3.75. The zero-order valence-corrected chi connectivity index (χ0v) is 9.11. The first-order chi connectivity index (χ1) is 8.42. The molecule has 17 heavy (non-hydrogen) atoms. The third kappa shape index (κ3) is 2.08. The molecule has 1 N–H and O–H groups in total. The third-order valence-electron chi connectivity index (χ3n) is 2.50. The van der Waals surface area contributed by atoms with Crippen LogP contribution in [0.2, 0.25) is 0 Å². The molecule has 2 aromatic heterocycles. The van der Waals surface area contributed by atoms with Crippen LogP contribution in [0.1, 0.15) is 5.56 Å². The average molecular weight is 225 g/mol. The average Bonchev–Trinajstić information content (AvgIpc) is 3.00. The Labute approximate surface area is 98.1 Å². The highest BCUT2D eigenvalue weighted by Gasteiger charge is 2.04. The fourth-order valence-corrected chi connectivity index (χ4v) is 1.67. The van der Waals surface area contributed by atoms with E-state index in [1.807, 2.05) is 29.1 Å². The van der Waals surface area contributed by atoms with Gasteiger partial charge in [0, 0.05) is 0 Å². The van der Waals surface area contributed by atoms with Crippen molar-refractivity contribution in [2.45, 2.75) is 6.54 Å². The molecule has 84 valence electrons. The fourth-order valence-electron chi connectivity index (χ4n) is 1.67. The highest BCUT2D eigenvalue weighted by Crippen LogP contribution is 2.11. The lowest BCUT2D eigenvalue weighted by molar-refractivity contribution is 0.650. The van der Waals surface area contributed by atoms with Gasteiger partial charge in [0.05, 0.1) is 31.0 Å². The van der Waals surface area contributed by atoms with Crippen LogP contribution in [0.5, 0.6) is 0 Å². The van der Waals surface area contributed by atoms with Gasteiger partial charge in [-0.15, -0.1) is 5.10 Å². The molecule has 0 bridgehead atoms. The predicted molar refractivity (Wildman–Crippen MR) is 63.1 cm³/mol. The van der Waals surface area contributed by atoms with Crippen LogP contribution in [0.4, 0.5) is 0 Å². The Hall–Kier alpha value is -2.43. The number of aromatic nitrogens is 5. The van der Waals surface area contributed by atoms with Gasteiger partial charge < -0.3 is 4.98 Å². The zero-order chi connectivity index (χ0) is 11.5. The molecule has 0 aliphatic carbocycles. The van der Waals surface area contributed by atoms with Gasteiger partial charge in [-0.3, -0.25) is 0 Å². The number of imidazole rings is 1. The summed E-state index contributed by atoms with van der Waals surface area (Å²) in [4.78, 5) is 6.96. The lowest BCUT2D eigenvalue weighted by Gasteiger charge is -1.99. The third-order valence-corrected chi connectivity index (χ3v) is 2.50. The van der Waals surface area contributed by atoms with E-state index in [0.717, 1.165) is 17.9 Å². The summed E-state index contributed by atoms with van der Waals surface area (Å²) in [7, 11) is 0. The first-order valence-corrected chi connectivity index (χ1v) is 5.34. The highest BCUT2D eigenvalue weighted by molar-refractivity contribution is 5.50. The molecule has 0 radical (unpaired) electrons. The van der Waals surface area contributed by atoms with Gasteiger partial charge in [0.1, 0.15) is 5.69 Å². The van der Waals surface area contributed by atoms with Crippen molar-refractivity contribution >= 4 is 0 Å². The number of benzene rings is 1. The van der Waals surface area contributed by atoms with Gasteiger partial charge in [0.25, 0.3) is 0 Å². The molecule has 3 aromatic rings. The highest BCUT2D eigenvalue weighted by atomic mass is 15.4. The molecule has 5 heteroatoms. The molecule has 3 rings (SSSR count). The van der Waals surface area contributed by atoms with Crippen molar-refractivity contribution in [1.82, 2.24) is 25.0 Å². The molecule has 0 aliphatic heterocycles. The number of hydrogen-bond acceptors (Lipinski definition) is 3. The molecule has 0 atom stereocenters. The number of rotatable bonds is 3. The minimum absolute atomic E-state index is 0.724. The van der Waals surface area contributed by atoms with Crippen LogP contribution in [-0.2, 0) is 6.54 Å². The van der Waals surface area contributed by atoms with Gasteiger partial charge in [-0.2, -0.15) is 0 Å². The normalized spacial score (nSPS) is 10.6. The number of hydrogen-bond donors (Lipinski definition) is 1. The fraction of sp³-hybridized carbons (Fsp3) is 0.0833. The second kappa shape index (κ2) is 4.21. The summed E-state index contributed by atoms with van der Waals surface area (Å²) < 4.78 is 1.81. The van der Waals surface area contributed by atoms with Crippen molar-refractivity contribution in [1.29, 1.82) is 0 Å². The van der Waals surface area contributed by atoms with E-state index in [2.05, 4.69) is 32.4 Å². The summed E-state index contributed by atoms with van der Waals surface area (Å²) in [5.74, 6) is 0. The van der Waals surface area contributed by atoms with Crippen LogP contribution in [0.25, 0.3) is 11.4 Å². The van der Waals surface area contributed by atoms with E-state index in [1.165, 1.54) is 5.56 Å². The minimum atomic E-state index is 0.724. The maximum Gasteiger partial charge on any atom is 0.130 e. The Kier molecular flexibility index (Phi) is 2.42. The zero-order valence-electron chi connectivity index (χ0n) is 9.11. The van der Waals surface area contributed by atoms with E-state index in [0.29, 0.717) is 0 Å². The summed E-state index contributed by atoms with van der Waals surface area (Å²) in [6.45, 7) is 0.724. The lowest BCUT2D eigenvalue weighted by atomic mass is 10.2. The lowest BCUT2D eigenvalue weighted by Crippen LogP contribution is -1.99. The van der Waals surface area contributed by atoms with Crippen molar-refractivity contribution < 1.29 is 0 Å². The number of aromatic amines is 1. The Balaban J connectivity index is 1.82. The van der Waals surface area contributed by atoms with Crippen molar-refractivity contribution in [2.75, 3.05) is 0 Å². The van der Waals surface area contributed by atoms with Crippen LogP contribution >= 0.6 is 0 Å². The smallest absolute Gasteiger partial charge is 0.130 e. The molecule has 0 fully saturated rings. The van der Waals surface area contributed by atoms with E-state index >= 15 is 0 Å². The Morgan fingerprint density at radius 2 is 2.06 bits per heavy atom. The van der Waals surface area contributed by atoms with Gasteiger partial charge >= 0.3 is 0 Å². The van der Waals surface area contributed by atoms with E-state index in [-0.39, 0.29) is 0 Å². The SMILES string of the molecule is c1ccc(Cn2cc(-c3cnc[nH]3)nn2)cc1. The minimum Gasteiger partial charge on any atom is -0.343 e. The molecule has 0 unspecified atom stereocenters. The van der Waals surface area contributed by atoms with Gasteiger partial charge in [0.2, 0.25) is 0 Å². The molecule has 5 nitrogen and oxygen atoms in total. The first kappa shape index (κ1) is 9.77. The van der Waals surface area contributed by atoms with Crippen molar-refractivity contribution in [2.24, 2.45) is 0 Å². The van der Waals surface area contributed by atoms with E-state index < -0.39 is 0 Å². The number of H-pyrrole nitrogens is 1. The summed E-state index contributed by atoms with van der Waals surface area (Å²) in [6.07, 6.45) is 5.27. The molecular formula is C12H11N5. The summed E-state index contributed by atoms with van der Waals surface area (Å²) >= 11 is 0. The Morgan fingerprint density at radius 1 is 1.18 bits per heavy atom. The molecule has 0 saturated carbocycles. The van der Waals surface area contributed by atoms with Gasteiger partial charge in [-0.1, -0.05) is 35.5 Å². The monoisotopic (exact) mass is 225 g/mol. The predicted octanol–water partition coefficient (Wildman–Crippen LogP) is 1.72. The molecule has 0 amide bonds. The first-order valence-electron chi connectivity index (χ1n) is 5.34. The van der Waals surface area contributed by atoms with Crippen molar-refractivity contribution in [3.63, 3.8) is 0 Å². The molecular weight excluding hydrogens is 214 g/mol. The van der Waals surface area contributed by atoms with Crippen LogP contribution in [0, 0.1) is 0 Å². The maximum absolute atomic E-state index is 4.10. The largest absolute Gasteiger partial charge is 0.343 e. The van der Waals surface area contributed by atoms with Crippen molar-refractivity contribution in [3.8, 4) is 11.4 Å². The number of nitrogens with one attached hydrogen (secondary N) is 1. The van der Waals surface area contributed by atoms with E-state index in [9.17, 15) is 0 Å². The Bertz CT molecular complexity index is 582. The van der Waals surface area contributed by atoms with Gasteiger partial charge in [-0.05, 0) is 5.56 Å². The molecule has 0 spiro atoms. The summed E-state index contributed by atoms with van der Waals surface area (Å²) in [5, 5.41) is 8.18. The van der Waals surface area contributed by atoms with Crippen LogP contribution in [-0.4, -0.2) is 25.0 Å². The molecule has 0 aliphatic rings. The van der Waals surface area contributed by atoms with Crippen LogP contribution < -0.4 is 0 Å². The number of nitrogens with zero attached hydrogens (tertiary/aromatic N) is 4. The van der Waals surface area contributed by atoms with E-state index in [4.69, 9.17) is 0 Å². The maximum atomic E-state index is 4.10. The van der Waals surface area contributed by atoms with Crippen LogP contribution in [0.15, 0.2) is 49.1 Å². The van der Waals surface area contributed by atoms with Gasteiger partial charge in [0.15, 0.2) is 0 Å². The van der Waals surface area contributed by atoms with E-state index in [1.54, 1.807) is 12.5 Å². The standard InChI is InChI=1S/C12H11N5/c1-2-4-10(5-3-1)7-17-8-12(15-16-17)11-6-13-9-14-11/h1-6,8-9H,7H2,(H,13,14). The second-order valence-electron chi connectivity index (χ2n) is 3.75. The summed E-state index contributed by atoms with van der Waals surface area (Å²) in [6, 6.07) is 10.2. The van der Waals surface area contributed by atoms with Crippen molar-refractivity contribution in [3.05, 3.63) is 54.6 Å². The molecule has 2 heterocycles. The topological polar surface area (TPSA) is 59.4 Å². The quantitative estimate of drug-likeness (QED) is 0.738.